The average molecular weight is 211 g/mol. The third kappa shape index (κ3) is 1.83. The fourth-order valence-electron chi connectivity index (χ4n) is 3.77. The average Bonchev–Trinajstić information content (AvgIpc) is 2.26. The quantitative estimate of drug-likeness (QED) is 0.720. The van der Waals surface area contributed by atoms with Crippen LogP contribution in [0.5, 0.6) is 0 Å². The summed E-state index contributed by atoms with van der Waals surface area (Å²) in [6.07, 6.45) is 7.05. The Labute approximate surface area is 93.7 Å². The molecule has 0 aromatic carbocycles. The minimum Gasteiger partial charge on any atom is -0.389 e. The Balaban J connectivity index is 2.22. The van der Waals surface area contributed by atoms with Gasteiger partial charge in [-0.2, -0.15) is 0 Å². The van der Waals surface area contributed by atoms with Gasteiger partial charge in [-0.15, -0.1) is 0 Å². The lowest BCUT2D eigenvalue weighted by molar-refractivity contribution is -0.128. The van der Waals surface area contributed by atoms with Crippen LogP contribution < -0.4 is 0 Å². The van der Waals surface area contributed by atoms with Gasteiger partial charge in [0, 0.05) is 18.0 Å². The van der Waals surface area contributed by atoms with Crippen LogP contribution >= 0.6 is 0 Å². The number of fused-ring (bicyclic) bond motifs is 1. The van der Waals surface area contributed by atoms with Gasteiger partial charge in [0.2, 0.25) is 0 Å². The summed E-state index contributed by atoms with van der Waals surface area (Å²) in [4.78, 5) is 2.51. The molecule has 0 amide bonds. The summed E-state index contributed by atoms with van der Waals surface area (Å²) in [5.74, 6) is 0.525. The molecule has 0 aromatic heterocycles. The highest BCUT2D eigenvalue weighted by Crippen LogP contribution is 2.44. The first-order chi connectivity index (χ1) is 7.08. The van der Waals surface area contributed by atoms with Gasteiger partial charge in [0.25, 0.3) is 0 Å². The molecular formula is C13H25NO. The van der Waals surface area contributed by atoms with E-state index in [1.165, 1.54) is 25.7 Å². The third-order valence-corrected chi connectivity index (χ3v) is 4.90. The predicted octanol–water partition coefficient (Wildman–Crippen LogP) is 2.41. The second-order valence-electron chi connectivity index (χ2n) is 5.63. The van der Waals surface area contributed by atoms with Crippen molar-refractivity contribution in [2.75, 3.05) is 7.05 Å². The van der Waals surface area contributed by atoms with Crippen molar-refractivity contribution in [3.63, 3.8) is 0 Å². The van der Waals surface area contributed by atoms with Crippen molar-refractivity contribution < 1.29 is 5.11 Å². The highest BCUT2D eigenvalue weighted by molar-refractivity contribution is 5.01. The molecule has 1 aliphatic heterocycles. The zero-order chi connectivity index (χ0) is 11.1. The van der Waals surface area contributed by atoms with Crippen molar-refractivity contribution in [1.82, 2.24) is 4.90 Å². The third-order valence-electron chi connectivity index (χ3n) is 4.90. The van der Waals surface area contributed by atoms with Crippen LogP contribution in [0.3, 0.4) is 0 Å². The maximum absolute atomic E-state index is 10.7. The van der Waals surface area contributed by atoms with Gasteiger partial charge in [-0.1, -0.05) is 19.8 Å². The first kappa shape index (κ1) is 11.4. The molecule has 2 heteroatoms. The van der Waals surface area contributed by atoms with E-state index in [4.69, 9.17) is 0 Å². The van der Waals surface area contributed by atoms with Crippen LogP contribution in [0.4, 0.5) is 0 Å². The van der Waals surface area contributed by atoms with Crippen molar-refractivity contribution in [2.24, 2.45) is 5.92 Å². The van der Waals surface area contributed by atoms with Gasteiger partial charge < -0.3 is 10.0 Å². The molecule has 1 heterocycles. The SMILES string of the molecule is CC[C@@]1(O)C[C@H](C)N(C)[C@@H]2CCCC[C@H]21. The molecule has 0 spiro atoms. The normalized spacial score (nSPS) is 47.6. The second kappa shape index (κ2) is 4.06. The van der Waals surface area contributed by atoms with Crippen LogP contribution in [-0.4, -0.2) is 34.7 Å². The molecule has 1 saturated carbocycles. The molecule has 88 valence electrons. The van der Waals surface area contributed by atoms with E-state index in [0.717, 1.165) is 12.8 Å². The molecule has 2 nitrogen and oxygen atoms in total. The zero-order valence-electron chi connectivity index (χ0n) is 10.4. The van der Waals surface area contributed by atoms with Gasteiger partial charge in [-0.25, -0.2) is 0 Å². The van der Waals surface area contributed by atoms with E-state index in [1.54, 1.807) is 0 Å². The van der Waals surface area contributed by atoms with Crippen molar-refractivity contribution in [2.45, 2.75) is 70.1 Å². The summed E-state index contributed by atoms with van der Waals surface area (Å²) < 4.78 is 0. The minimum absolute atomic E-state index is 0.378. The van der Waals surface area contributed by atoms with Gasteiger partial charge in [0.05, 0.1) is 5.60 Å². The number of likely N-dealkylation sites (tertiary alicyclic amines) is 1. The van der Waals surface area contributed by atoms with Crippen molar-refractivity contribution in [3.8, 4) is 0 Å². The number of hydrogen-bond acceptors (Lipinski definition) is 2. The zero-order valence-corrected chi connectivity index (χ0v) is 10.4. The van der Waals surface area contributed by atoms with Gasteiger partial charge >= 0.3 is 0 Å². The fraction of sp³-hybridized carbons (Fsp3) is 1.00. The van der Waals surface area contributed by atoms with Gasteiger partial charge in [0.15, 0.2) is 0 Å². The molecule has 1 N–H and O–H groups in total. The summed E-state index contributed by atoms with van der Waals surface area (Å²) in [6, 6.07) is 1.17. The molecule has 0 aromatic rings. The maximum Gasteiger partial charge on any atom is 0.0702 e. The van der Waals surface area contributed by atoms with Crippen LogP contribution in [0.15, 0.2) is 0 Å². The number of nitrogens with zero attached hydrogens (tertiary/aromatic N) is 1. The molecule has 0 unspecified atom stereocenters. The monoisotopic (exact) mass is 211 g/mol. The van der Waals surface area contributed by atoms with Crippen molar-refractivity contribution in [1.29, 1.82) is 0 Å². The Morgan fingerprint density at radius 3 is 2.67 bits per heavy atom. The van der Waals surface area contributed by atoms with E-state index in [-0.39, 0.29) is 5.60 Å². The van der Waals surface area contributed by atoms with Crippen LogP contribution in [0.25, 0.3) is 0 Å². The Hall–Kier alpha value is -0.0800. The van der Waals surface area contributed by atoms with Gasteiger partial charge in [0.1, 0.15) is 0 Å². The standard InChI is InChI=1S/C13H25NO/c1-4-13(15)9-10(2)14(3)12-8-6-5-7-11(12)13/h10-12,15H,4-9H2,1-3H3/t10-,11+,12+,13+/m0/s1. The molecule has 2 rings (SSSR count). The number of aliphatic hydroxyl groups is 1. The Kier molecular flexibility index (Phi) is 3.09. The first-order valence-electron chi connectivity index (χ1n) is 6.53. The van der Waals surface area contributed by atoms with E-state index >= 15 is 0 Å². The summed E-state index contributed by atoms with van der Waals surface area (Å²) >= 11 is 0. The number of piperidine rings is 1. The van der Waals surface area contributed by atoms with E-state index in [2.05, 4.69) is 25.8 Å². The summed E-state index contributed by atoms with van der Waals surface area (Å²) in [7, 11) is 2.24. The predicted molar refractivity (Wildman–Crippen MR) is 62.8 cm³/mol. The van der Waals surface area contributed by atoms with Crippen LogP contribution in [0, 0.1) is 5.92 Å². The van der Waals surface area contributed by atoms with Crippen LogP contribution in [-0.2, 0) is 0 Å². The van der Waals surface area contributed by atoms with E-state index in [9.17, 15) is 5.11 Å². The topological polar surface area (TPSA) is 23.5 Å². The van der Waals surface area contributed by atoms with Crippen molar-refractivity contribution in [3.05, 3.63) is 0 Å². The lowest BCUT2D eigenvalue weighted by Gasteiger charge is -2.54. The molecule has 1 aliphatic carbocycles. The van der Waals surface area contributed by atoms with Crippen molar-refractivity contribution >= 4 is 0 Å². The molecule has 0 bridgehead atoms. The molecular weight excluding hydrogens is 186 g/mol. The number of rotatable bonds is 1. The smallest absolute Gasteiger partial charge is 0.0702 e. The fourth-order valence-corrected chi connectivity index (χ4v) is 3.77. The molecule has 1 saturated heterocycles. The molecule has 0 radical (unpaired) electrons. The van der Waals surface area contributed by atoms with E-state index in [0.29, 0.717) is 18.0 Å². The highest BCUT2D eigenvalue weighted by Gasteiger charge is 2.48. The Morgan fingerprint density at radius 1 is 1.33 bits per heavy atom. The summed E-state index contributed by atoms with van der Waals surface area (Å²) in [5.41, 5.74) is -0.378. The van der Waals surface area contributed by atoms with Gasteiger partial charge in [-0.05, 0) is 39.7 Å². The molecule has 2 aliphatic rings. The summed E-state index contributed by atoms with van der Waals surface area (Å²) in [6.45, 7) is 4.40. The molecule has 15 heavy (non-hydrogen) atoms. The minimum atomic E-state index is -0.378. The first-order valence-corrected chi connectivity index (χ1v) is 6.53. The second-order valence-corrected chi connectivity index (χ2v) is 5.63. The Morgan fingerprint density at radius 2 is 2.00 bits per heavy atom. The molecule has 2 fully saturated rings. The Bertz CT molecular complexity index is 231. The van der Waals surface area contributed by atoms with Crippen LogP contribution in [0.2, 0.25) is 0 Å². The van der Waals surface area contributed by atoms with E-state index in [1.807, 2.05) is 0 Å². The maximum atomic E-state index is 10.7. The summed E-state index contributed by atoms with van der Waals surface area (Å²) in [5, 5.41) is 10.7. The molecule has 4 atom stereocenters. The lowest BCUT2D eigenvalue weighted by atomic mass is 9.66. The number of hydrogen-bond donors (Lipinski definition) is 1. The van der Waals surface area contributed by atoms with Gasteiger partial charge in [-0.3, -0.25) is 0 Å². The highest BCUT2D eigenvalue weighted by atomic mass is 16.3. The lowest BCUT2D eigenvalue weighted by Crippen LogP contribution is -2.60. The largest absolute Gasteiger partial charge is 0.389 e. The van der Waals surface area contributed by atoms with Crippen LogP contribution in [0.1, 0.15) is 52.4 Å². The van der Waals surface area contributed by atoms with E-state index < -0.39 is 0 Å².